The van der Waals surface area contributed by atoms with Crippen LogP contribution in [0.4, 0.5) is 0 Å². The second-order valence-electron chi connectivity index (χ2n) is 10.7. The quantitative estimate of drug-likeness (QED) is 0.388. The molecule has 0 aliphatic carbocycles. The monoisotopic (exact) mass is 514 g/mol. The van der Waals surface area contributed by atoms with E-state index in [1.54, 1.807) is 7.11 Å². The van der Waals surface area contributed by atoms with Crippen molar-refractivity contribution >= 4 is 22.8 Å². The Labute approximate surface area is 220 Å². The molecule has 9 nitrogen and oxygen atoms in total. The van der Waals surface area contributed by atoms with Gasteiger partial charge in [0.25, 0.3) is 5.91 Å². The minimum absolute atomic E-state index is 0.0508. The van der Waals surface area contributed by atoms with E-state index in [-0.39, 0.29) is 23.8 Å². The summed E-state index contributed by atoms with van der Waals surface area (Å²) >= 11 is 0. The lowest BCUT2D eigenvalue weighted by molar-refractivity contribution is -0.137. The van der Waals surface area contributed by atoms with Gasteiger partial charge in [0.2, 0.25) is 5.91 Å². The van der Waals surface area contributed by atoms with E-state index in [1.165, 1.54) is 0 Å². The Balaban J connectivity index is 1.56. The molecule has 9 heteroatoms. The lowest BCUT2D eigenvalue weighted by atomic mass is 9.92. The first-order chi connectivity index (χ1) is 18.0. The van der Waals surface area contributed by atoms with Gasteiger partial charge in [-0.25, -0.2) is 4.98 Å². The first kappa shape index (κ1) is 27.5. The summed E-state index contributed by atoms with van der Waals surface area (Å²) in [7, 11) is 1.71. The lowest BCUT2D eigenvalue weighted by Crippen LogP contribution is -2.55. The number of carbonyl (C=O) groups excluding carboxylic acids is 2. The van der Waals surface area contributed by atoms with E-state index in [9.17, 15) is 9.59 Å². The molecule has 2 aliphatic heterocycles. The van der Waals surface area contributed by atoms with Crippen molar-refractivity contribution in [2.45, 2.75) is 52.1 Å². The van der Waals surface area contributed by atoms with Gasteiger partial charge in [-0.05, 0) is 37.3 Å². The average molecular weight is 515 g/mol. The summed E-state index contributed by atoms with van der Waals surface area (Å²) < 4.78 is 11.8. The van der Waals surface area contributed by atoms with Gasteiger partial charge in [0.15, 0.2) is 12.4 Å². The van der Waals surface area contributed by atoms with E-state index in [2.05, 4.69) is 28.5 Å². The summed E-state index contributed by atoms with van der Waals surface area (Å²) in [6.07, 6.45) is 3.43. The smallest absolute Gasteiger partial charge is 0.290 e. The van der Waals surface area contributed by atoms with Gasteiger partial charge in [0.1, 0.15) is 6.61 Å². The van der Waals surface area contributed by atoms with Gasteiger partial charge in [0, 0.05) is 58.9 Å². The number of imidazole rings is 1. The van der Waals surface area contributed by atoms with Crippen molar-refractivity contribution < 1.29 is 19.1 Å². The van der Waals surface area contributed by atoms with E-state index in [1.807, 2.05) is 34.1 Å². The zero-order valence-corrected chi connectivity index (χ0v) is 22.7. The van der Waals surface area contributed by atoms with Crippen molar-refractivity contribution in [2.75, 3.05) is 59.7 Å². The summed E-state index contributed by atoms with van der Waals surface area (Å²) in [5.74, 6) is 0.794. The molecular weight excluding hydrogens is 470 g/mol. The summed E-state index contributed by atoms with van der Waals surface area (Å²) in [5.41, 5.74) is 1.82. The number of methoxy groups -OCH3 is 1. The van der Waals surface area contributed by atoms with Crippen LogP contribution in [0.15, 0.2) is 24.3 Å². The summed E-state index contributed by atoms with van der Waals surface area (Å²) in [6.45, 7) is 10.7. The molecule has 2 aliphatic rings. The van der Waals surface area contributed by atoms with Crippen LogP contribution in [0.5, 0.6) is 0 Å². The van der Waals surface area contributed by atoms with Gasteiger partial charge < -0.3 is 29.2 Å². The van der Waals surface area contributed by atoms with E-state index in [0.717, 1.165) is 43.4 Å². The number of carbonyl (C=O) groups is 2. The molecule has 4 rings (SSSR count). The van der Waals surface area contributed by atoms with E-state index < -0.39 is 0 Å². The fourth-order valence-corrected chi connectivity index (χ4v) is 5.51. The van der Waals surface area contributed by atoms with Gasteiger partial charge in [-0.3, -0.25) is 9.59 Å². The number of aromatic nitrogens is 2. The van der Waals surface area contributed by atoms with Crippen molar-refractivity contribution in [3.05, 3.63) is 30.1 Å². The molecule has 0 spiro atoms. The van der Waals surface area contributed by atoms with Gasteiger partial charge in [-0.1, -0.05) is 26.0 Å². The molecule has 0 radical (unpaired) electrons. The highest BCUT2D eigenvalue weighted by atomic mass is 16.5. The normalized spacial score (nSPS) is 20.8. The zero-order valence-electron chi connectivity index (χ0n) is 22.7. The molecule has 37 heavy (non-hydrogen) atoms. The highest BCUT2D eigenvalue weighted by Crippen LogP contribution is 2.24. The SMILES string of the molecule is COCCCCn1c(C(=O)N(CC(C)C)[C@@H]2CNCC(C(=O)N3CCC[OH+]CC3)C2)nc2ccccc21. The number of unbranched alkanes of at least 4 members (excludes halogenated alkanes) is 1. The lowest BCUT2D eigenvalue weighted by Gasteiger charge is -2.39. The molecule has 1 unspecified atom stereocenters. The van der Waals surface area contributed by atoms with Gasteiger partial charge in [0.05, 0.1) is 23.5 Å². The van der Waals surface area contributed by atoms with Crippen LogP contribution in [-0.4, -0.2) is 102 Å². The summed E-state index contributed by atoms with van der Waals surface area (Å²) in [5, 5.41) is 3.46. The van der Waals surface area contributed by atoms with Crippen molar-refractivity contribution in [1.82, 2.24) is 24.7 Å². The van der Waals surface area contributed by atoms with Crippen LogP contribution in [0.25, 0.3) is 11.0 Å². The fourth-order valence-electron chi connectivity index (χ4n) is 5.51. The predicted octanol–water partition coefficient (Wildman–Crippen LogP) is 2.30. The van der Waals surface area contributed by atoms with Crippen LogP contribution in [0.3, 0.4) is 0 Å². The van der Waals surface area contributed by atoms with Gasteiger partial charge in [-0.2, -0.15) is 0 Å². The topological polar surface area (TPSA) is 92.5 Å². The Morgan fingerprint density at radius 2 is 2.03 bits per heavy atom. The van der Waals surface area contributed by atoms with Gasteiger partial charge >= 0.3 is 0 Å². The average Bonchev–Trinajstić information content (AvgIpc) is 3.07. The van der Waals surface area contributed by atoms with Crippen molar-refractivity contribution in [1.29, 1.82) is 0 Å². The molecule has 2 fully saturated rings. The number of ether oxygens (including phenoxy) is 2. The number of fused-ring (bicyclic) bond motifs is 1. The number of nitrogens with one attached hydrogen (secondary N) is 1. The third kappa shape index (κ3) is 6.89. The fraction of sp³-hybridized carbons (Fsp3) is 0.679. The van der Waals surface area contributed by atoms with Crippen LogP contribution >= 0.6 is 0 Å². The Bertz CT molecular complexity index is 1030. The number of aliphatic hydroxyl groups is 2. The molecule has 1 aromatic carbocycles. The van der Waals surface area contributed by atoms with Crippen LogP contribution < -0.4 is 5.32 Å². The van der Waals surface area contributed by atoms with Crippen molar-refractivity contribution in [3.63, 3.8) is 0 Å². The number of hydrogen-bond acceptors (Lipinski definition) is 5. The van der Waals surface area contributed by atoms with E-state index in [0.29, 0.717) is 64.1 Å². The number of piperidine rings is 1. The molecule has 0 saturated carbocycles. The largest absolute Gasteiger partial charge is 0.432 e. The van der Waals surface area contributed by atoms with Crippen molar-refractivity contribution in [2.24, 2.45) is 11.8 Å². The second-order valence-corrected chi connectivity index (χ2v) is 10.7. The zero-order chi connectivity index (χ0) is 26.2. The first-order valence-electron chi connectivity index (χ1n) is 13.9. The summed E-state index contributed by atoms with van der Waals surface area (Å²) in [6, 6.07) is 7.90. The number of hydrogen-bond donors (Lipinski definition) is 1. The number of aryl methyl sites for hydroxylation is 1. The number of amides is 2. The van der Waals surface area contributed by atoms with Crippen LogP contribution in [0.2, 0.25) is 0 Å². The number of nitrogens with zero attached hydrogens (tertiary/aromatic N) is 4. The second kappa shape index (κ2) is 13.3. The molecule has 2 atom stereocenters. The molecule has 2 N–H and O–H groups in total. The van der Waals surface area contributed by atoms with E-state index >= 15 is 0 Å². The Morgan fingerprint density at radius 1 is 1.19 bits per heavy atom. The first-order valence-corrected chi connectivity index (χ1v) is 13.9. The number of benzene rings is 1. The maximum Gasteiger partial charge on any atom is 0.290 e. The maximum absolute atomic E-state index is 14.2. The number of para-hydroxylation sites is 2. The third-order valence-electron chi connectivity index (χ3n) is 7.35. The molecule has 2 saturated heterocycles. The van der Waals surface area contributed by atoms with Crippen LogP contribution in [0, 0.1) is 11.8 Å². The van der Waals surface area contributed by atoms with Crippen LogP contribution in [-0.2, 0) is 16.1 Å². The van der Waals surface area contributed by atoms with Crippen LogP contribution in [0.1, 0.15) is 50.1 Å². The standard InChI is InChI=1S/C28H43N5O4/c1-21(2)20-33(23-17-22(18-29-19-23)27(34)31-11-8-15-37-16-13-31)28(35)26-30-24-9-4-5-10-25(24)32(26)12-6-7-14-36-3/h4-5,9-10,21-23,29H,6-8,11-20H2,1-3H3/p+1/t22?,23-/m0/s1. The molecule has 1 aromatic heterocycles. The van der Waals surface area contributed by atoms with E-state index in [4.69, 9.17) is 9.72 Å². The molecule has 2 aromatic rings. The number of rotatable bonds is 10. The molecule has 0 bridgehead atoms. The summed E-state index contributed by atoms with van der Waals surface area (Å²) in [4.78, 5) is 36.3. The molecule has 3 heterocycles. The molecule has 204 valence electrons. The third-order valence-corrected chi connectivity index (χ3v) is 7.35. The minimum Gasteiger partial charge on any atom is -0.432 e. The Kier molecular flexibility index (Phi) is 9.94. The predicted molar refractivity (Wildman–Crippen MR) is 145 cm³/mol. The molecular formula is C28H44N5O4+. The van der Waals surface area contributed by atoms with Gasteiger partial charge in [-0.15, -0.1) is 0 Å². The highest BCUT2D eigenvalue weighted by Gasteiger charge is 2.36. The molecule has 2 amide bonds. The minimum atomic E-state index is -0.132. The Hall–Kier alpha value is -2.49. The Morgan fingerprint density at radius 3 is 2.84 bits per heavy atom. The maximum atomic E-state index is 14.2. The highest BCUT2D eigenvalue weighted by molar-refractivity contribution is 5.95. The van der Waals surface area contributed by atoms with Crippen molar-refractivity contribution in [3.8, 4) is 0 Å².